The summed E-state index contributed by atoms with van der Waals surface area (Å²) < 4.78 is 28.9. The van der Waals surface area contributed by atoms with E-state index in [1.807, 2.05) is 45.0 Å². The van der Waals surface area contributed by atoms with Crippen LogP contribution in [0.4, 0.5) is 5.69 Å². The monoisotopic (exact) mass is 569 g/mol. The lowest BCUT2D eigenvalue weighted by molar-refractivity contribution is -0.139. The zero-order valence-corrected chi connectivity index (χ0v) is 24.6. The van der Waals surface area contributed by atoms with Crippen molar-refractivity contribution in [1.29, 1.82) is 0 Å². The molecule has 0 aromatic heterocycles. The quantitative estimate of drug-likeness (QED) is 0.331. The number of aryl methyl sites for hydroxylation is 2. The maximum atomic E-state index is 14.0. The molecule has 0 saturated heterocycles. The minimum absolute atomic E-state index is 0.0102. The second-order valence-corrected chi connectivity index (χ2v) is 12.0. The molecule has 39 heavy (non-hydrogen) atoms. The Morgan fingerprint density at radius 1 is 0.897 bits per heavy atom. The van der Waals surface area contributed by atoms with E-state index in [4.69, 9.17) is 11.6 Å². The highest BCUT2D eigenvalue weighted by atomic mass is 35.5. The number of hydrogen-bond acceptors (Lipinski definition) is 4. The third-order valence-electron chi connectivity index (χ3n) is 6.83. The average Bonchev–Trinajstić information content (AvgIpc) is 2.91. The predicted octanol–water partition coefficient (Wildman–Crippen LogP) is 5.48. The minimum atomic E-state index is -4.15. The maximum Gasteiger partial charge on any atom is 0.264 e. The van der Waals surface area contributed by atoms with Crippen LogP contribution in [0.2, 0.25) is 5.02 Å². The van der Waals surface area contributed by atoms with E-state index in [-0.39, 0.29) is 23.4 Å². The van der Waals surface area contributed by atoms with E-state index < -0.39 is 28.5 Å². The molecule has 9 heteroatoms. The topological polar surface area (TPSA) is 86.8 Å². The van der Waals surface area contributed by atoms with Gasteiger partial charge in [0.2, 0.25) is 11.8 Å². The van der Waals surface area contributed by atoms with Gasteiger partial charge in [0.15, 0.2) is 0 Å². The summed E-state index contributed by atoms with van der Waals surface area (Å²) in [5.41, 5.74) is 2.91. The second kappa shape index (κ2) is 13.1. The summed E-state index contributed by atoms with van der Waals surface area (Å²) in [5.74, 6) is -0.792. The van der Waals surface area contributed by atoms with Crippen molar-refractivity contribution in [3.05, 3.63) is 94.5 Å². The maximum absolute atomic E-state index is 14.0. The number of nitrogens with one attached hydrogen (secondary N) is 1. The number of benzene rings is 3. The molecule has 0 aliphatic rings. The third kappa shape index (κ3) is 7.40. The Hall–Kier alpha value is -3.36. The van der Waals surface area contributed by atoms with Crippen LogP contribution in [-0.4, -0.2) is 43.8 Å². The number of halogens is 1. The molecule has 3 rings (SSSR count). The van der Waals surface area contributed by atoms with Crippen molar-refractivity contribution in [1.82, 2.24) is 10.2 Å². The molecule has 1 N–H and O–H groups in total. The standard InChI is InChI=1S/C30H36ClN3O4S/c1-6-23(4)32-30(36)24(5)33(19-25-13-9-7-11-21(25)2)29(35)20-34(28-14-10-8-12-22(28)3)39(37,38)27-17-15-26(31)16-18-27/h7-18,23-24H,6,19-20H2,1-5H3,(H,32,36)/t23-,24-/m0/s1. The van der Waals surface area contributed by atoms with Crippen LogP contribution in [0, 0.1) is 13.8 Å². The Morgan fingerprint density at radius 3 is 2.08 bits per heavy atom. The molecule has 0 radical (unpaired) electrons. The molecule has 7 nitrogen and oxygen atoms in total. The van der Waals surface area contributed by atoms with E-state index in [0.717, 1.165) is 21.9 Å². The summed E-state index contributed by atoms with van der Waals surface area (Å²) in [5, 5.41) is 3.34. The van der Waals surface area contributed by atoms with Gasteiger partial charge in [0.1, 0.15) is 12.6 Å². The van der Waals surface area contributed by atoms with Crippen molar-refractivity contribution in [2.45, 2.75) is 64.6 Å². The molecule has 0 aliphatic heterocycles. The van der Waals surface area contributed by atoms with Gasteiger partial charge in [-0.2, -0.15) is 0 Å². The van der Waals surface area contributed by atoms with Crippen LogP contribution in [0.5, 0.6) is 0 Å². The number of sulfonamides is 1. The molecule has 0 saturated carbocycles. The molecule has 2 atom stereocenters. The van der Waals surface area contributed by atoms with Gasteiger partial charge in [-0.3, -0.25) is 13.9 Å². The Kier molecular flexibility index (Phi) is 10.2. The van der Waals surface area contributed by atoms with E-state index in [1.54, 1.807) is 38.1 Å². The van der Waals surface area contributed by atoms with Crippen LogP contribution in [-0.2, 0) is 26.2 Å². The molecule has 0 heterocycles. The number of amides is 2. The first kappa shape index (κ1) is 30.2. The fourth-order valence-corrected chi connectivity index (χ4v) is 5.71. The van der Waals surface area contributed by atoms with Crippen LogP contribution in [0.3, 0.4) is 0 Å². The molecule has 0 spiro atoms. The average molecular weight is 570 g/mol. The highest BCUT2D eigenvalue weighted by Crippen LogP contribution is 2.28. The number of carbonyl (C=O) groups excluding carboxylic acids is 2. The van der Waals surface area contributed by atoms with Crippen molar-refractivity contribution in [3.63, 3.8) is 0 Å². The van der Waals surface area contributed by atoms with Gasteiger partial charge in [-0.25, -0.2) is 8.42 Å². The van der Waals surface area contributed by atoms with Crippen LogP contribution in [0.25, 0.3) is 0 Å². The Labute approximate surface area is 236 Å². The van der Waals surface area contributed by atoms with Gasteiger partial charge < -0.3 is 10.2 Å². The first-order valence-electron chi connectivity index (χ1n) is 12.9. The largest absolute Gasteiger partial charge is 0.352 e. The van der Waals surface area contributed by atoms with Gasteiger partial charge in [0, 0.05) is 17.6 Å². The van der Waals surface area contributed by atoms with Crippen LogP contribution >= 0.6 is 11.6 Å². The third-order valence-corrected chi connectivity index (χ3v) is 8.86. The van der Waals surface area contributed by atoms with Gasteiger partial charge >= 0.3 is 0 Å². The molecule has 3 aromatic carbocycles. The Morgan fingerprint density at radius 2 is 1.49 bits per heavy atom. The SMILES string of the molecule is CC[C@H](C)NC(=O)[C@H](C)N(Cc1ccccc1C)C(=O)CN(c1ccccc1C)S(=O)(=O)c1ccc(Cl)cc1. The van der Waals surface area contributed by atoms with Gasteiger partial charge in [0.25, 0.3) is 10.0 Å². The summed E-state index contributed by atoms with van der Waals surface area (Å²) in [6.45, 7) is 8.93. The smallest absolute Gasteiger partial charge is 0.264 e. The molecular formula is C30H36ClN3O4S. The van der Waals surface area contributed by atoms with Crippen LogP contribution < -0.4 is 9.62 Å². The molecule has 0 unspecified atom stereocenters. The van der Waals surface area contributed by atoms with Crippen molar-refractivity contribution >= 4 is 39.1 Å². The Bertz CT molecular complexity index is 1410. The predicted molar refractivity (Wildman–Crippen MR) is 156 cm³/mol. The zero-order valence-electron chi connectivity index (χ0n) is 23.0. The summed E-state index contributed by atoms with van der Waals surface area (Å²) in [4.78, 5) is 28.6. The highest BCUT2D eigenvalue weighted by molar-refractivity contribution is 7.92. The number of hydrogen-bond donors (Lipinski definition) is 1. The summed E-state index contributed by atoms with van der Waals surface area (Å²) in [7, 11) is -4.15. The second-order valence-electron chi connectivity index (χ2n) is 9.69. The number of anilines is 1. The lowest BCUT2D eigenvalue weighted by Crippen LogP contribution is -2.52. The van der Waals surface area contributed by atoms with Crippen molar-refractivity contribution < 1.29 is 18.0 Å². The lowest BCUT2D eigenvalue weighted by atomic mass is 10.1. The molecule has 208 valence electrons. The van der Waals surface area contributed by atoms with E-state index in [0.29, 0.717) is 16.3 Å². The summed E-state index contributed by atoms with van der Waals surface area (Å²) in [6.07, 6.45) is 0.741. The number of rotatable bonds is 11. The first-order valence-corrected chi connectivity index (χ1v) is 14.8. The van der Waals surface area contributed by atoms with Gasteiger partial charge in [0.05, 0.1) is 10.6 Å². The van der Waals surface area contributed by atoms with Crippen LogP contribution in [0.15, 0.2) is 77.7 Å². The number of carbonyl (C=O) groups is 2. The number of nitrogens with zero attached hydrogens (tertiary/aromatic N) is 2. The van der Waals surface area contributed by atoms with E-state index in [1.165, 1.54) is 29.2 Å². The highest BCUT2D eigenvalue weighted by Gasteiger charge is 2.33. The molecule has 0 bridgehead atoms. The van der Waals surface area contributed by atoms with E-state index >= 15 is 0 Å². The fraction of sp³-hybridized carbons (Fsp3) is 0.333. The molecular weight excluding hydrogens is 534 g/mol. The summed E-state index contributed by atoms with van der Waals surface area (Å²) in [6, 6.07) is 19.5. The van der Waals surface area contributed by atoms with Gasteiger partial charge in [-0.1, -0.05) is 61.0 Å². The fourth-order valence-electron chi connectivity index (χ4n) is 4.11. The summed E-state index contributed by atoms with van der Waals surface area (Å²) >= 11 is 6.00. The van der Waals surface area contributed by atoms with E-state index in [2.05, 4.69) is 5.32 Å². The van der Waals surface area contributed by atoms with Crippen molar-refractivity contribution in [3.8, 4) is 0 Å². The molecule has 2 amide bonds. The normalized spacial score (nSPS) is 12.9. The minimum Gasteiger partial charge on any atom is -0.352 e. The lowest BCUT2D eigenvalue weighted by Gasteiger charge is -2.33. The zero-order chi connectivity index (χ0) is 28.7. The van der Waals surface area contributed by atoms with Gasteiger partial charge in [-0.15, -0.1) is 0 Å². The van der Waals surface area contributed by atoms with Crippen molar-refractivity contribution in [2.75, 3.05) is 10.8 Å². The van der Waals surface area contributed by atoms with Crippen molar-refractivity contribution in [2.24, 2.45) is 0 Å². The van der Waals surface area contributed by atoms with Gasteiger partial charge in [-0.05, 0) is 81.1 Å². The molecule has 0 aliphatic carbocycles. The first-order chi connectivity index (χ1) is 18.4. The molecule has 0 fully saturated rings. The molecule has 3 aromatic rings. The van der Waals surface area contributed by atoms with Crippen LogP contribution in [0.1, 0.15) is 43.9 Å². The Balaban J connectivity index is 2.05. The number of para-hydroxylation sites is 1. The van der Waals surface area contributed by atoms with E-state index in [9.17, 15) is 18.0 Å².